The molecule has 3 heteroatoms. The average molecular weight is 246 g/mol. The van der Waals surface area contributed by atoms with Gasteiger partial charge in [0.15, 0.2) is 5.78 Å². The van der Waals surface area contributed by atoms with Gasteiger partial charge in [0.25, 0.3) is 0 Å². The molecule has 0 N–H and O–H groups in total. The quantitative estimate of drug-likeness (QED) is 0.565. The fourth-order valence-corrected chi connectivity index (χ4v) is 2.28. The summed E-state index contributed by atoms with van der Waals surface area (Å²) in [4.78, 5) is 23.7. The van der Waals surface area contributed by atoms with Crippen LogP contribution in [0.15, 0.2) is 18.2 Å². The van der Waals surface area contributed by atoms with Crippen molar-refractivity contribution in [2.75, 3.05) is 7.11 Å². The molecule has 1 unspecified atom stereocenters. The van der Waals surface area contributed by atoms with E-state index >= 15 is 0 Å². The number of hydrogen-bond donors (Lipinski definition) is 0. The van der Waals surface area contributed by atoms with Crippen LogP contribution in [0.5, 0.6) is 0 Å². The van der Waals surface area contributed by atoms with Crippen molar-refractivity contribution < 1.29 is 14.3 Å². The van der Waals surface area contributed by atoms with Gasteiger partial charge < -0.3 is 4.74 Å². The molecule has 0 fully saturated rings. The highest BCUT2D eigenvalue weighted by Gasteiger charge is 2.37. The molecule has 1 aromatic carbocycles. The SMILES string of the molecule is COC(=O)C1Cc2ccc(C(C)(C)C)cc2C1=O. The summed E-state index contributed by atoms with van der Waals surface area (Å²) in [6.07, 6.45) is 0.464. The van der Waals surface area contributed by atoms with E-state index in [0.717, 1.165) is 11.1 Å². The van der Waals surface area contributed by atoms with E-state index < -0.39 is 11.9 Å². The standard InChI is InChI=1S/C15H18O3/c1-15(2,3)10-6-5-9-7-12(14(17)18-4)13(16)11(9)8-10/h5-6,8,12H,7H2,1-4H3. The molecule has 0 heterocycles. The molecule has 0 bridgehead atoms. The van der Waals surface area contributed by atoms with Crippen LogP contribution >= 0.6 is 0 Å². The van der Waals surface area contributed by atoms with Crippen LogP contribution in [0.4, 0.5) is 0 Å². The summed E-state index contributed by atoms with van der Waals surface area (Å²) in [7, 11) is 1.32. The molecule has 0 aliphatic heterocycles. The Bertz CT molecular complexity index is 509. The van der Waals surface area contributed by atoms with Crippen LogP contribution < -0.4 is 0 Å². The first-order valence-electron chi connectivity index (χ1n) is 6.10. The number of fused-ring (bicyclic) bond motifs is 1. The van der Waals surface area contributed by atoms with Gasteiger partial charge in [-0.15, -0.1) is 0 Å². The Labute approximate surface area is 107 Å². The molecule has 1 aliphatic carbocycles. The molecule has 0 radical (unpaired) electrons. The third-order valence-corrected chi connectivity index (χ3v) is 3.47. The summed E-state index contributed by atoms with van der Waals surface area (Å²) in [5.74, 6) is -1.20. The van der Waals surface area contributed by atoms with E-state index in [1.165, 1.54) is 7.11 Å². The molecular weight excluding hydrogens is 228 g/mol. The number of esters is 1. The van der Waals surface area contributed by atoms with Crippen LogP contribution in [0.1, 0.15) is 42.3 Å². The number of carbonyl (C=O) groups is 2. The Morgan fingerprint density at radius 1 is 1.33 bits per heavy atom. The van der Waals surface area contributed by atoms with Crippen LogP contribution in [0.3, 0.4) is 0 Å². The van der Waals surface area contributed by atoms with E-state index in [0.29, 0.717) is 12.0 Å². The fourth-order valence-electron chi connectivity index (χ4n) is 2.28. The predicted octanol–water partition coefficient (Wildman–Crippen LogP) is 2.51. The Morgan fingerprint density at radius 2 is 2.00 bits per heavy atom. The van der Waals surface area contributed by atoms with Gasteiger partial charge in [0.2, 0.25) is 0 Å². The van der Waals surface area contributed by atoms with Crippen molar-refractivity contribution in [3.8, 4) is 0 Å². The molecular formula is C15H18O3. The molecule has 1 aliphatic rings. The molecule has 0 aromatic heterocycles. The Kier molecular flexibility index (Phi) is 3.01. The maximum atomic E-state index is 12.2. The number of methoxy groups -OCH3 is 1. The summed E-state index contributed by atoms with van der Waals surface area (Å²) in [5, 5.41) is 0. The first-order valence-corrected chi connectivity index (χ1v) is 6.10. The zero-order valence-electron chi connectivity index (χ0n) is 11.2. The fraction of sp³-hybridized carbons (Fsp3) is 0.467. The third kappa shape index (κ3) is 2.05. The van der Waals surface area contributed by atoms with E-state index in [9.17, 15) is 9.59 Å². The zero-order valence-corrected chi connectivity index (χ0v) is 11.2. The van der Waals surface area contributed by atoms with E-state index in [1.807, 2.05) is 18.2 Å². The second-order valence-electron chi connectivity index (χ2n) is 5.77. The minimum absolute atomic E-state index is 0.00133. The number of hydrogen-bond acceptors (Lipinski definition) is 3. The number of ether oxygens (including phenoxy) is 1. The van der Waals surface area contributed by atoms with Gasteiger partial charge in [-0.3, -0.25) is 9.59 Å². The Hall–Kier alpha value is -1.64. The molecule has 0 saturated heterocycles. The van der Waals surface area contributed by atoms with Crippen LogP contribution in [0.25, 0.3) is 0 Å². The molecule has 2 rings (SSSR count). The number of carbonyl (C=O) groups excluding carboxylic acids is 2. The van der Waals surface area contributed by atoms with E-state index in [-0.39, 0.29) is 11.2 Å². The highest BCUT2D eigenvalue weighted by Crippen LogP contribution is 2.32. The van der Waals surface area contributed by atoms with E-state index in [2.05, 4.69) is 25.5 Å². The Morgan fingerprint density at radius 3 is 2.56 bits per heavy atom. The van der Waals surface area contributed by atoms with Crippen molar-refractivity contribution in [3.05, 3.63) is 34.9 Å². The molecule has 18 heavy (non-hydrogen) atoms. The van der Waals surface area contributed by atoms with Gasteiger partial charge in [0.1, 0.15) is 5.92 Å². The van der Waals surface area contributed by atoms with Gasteiger partial charge in [0.05, 0.1) is 7.11 Å². The van der Waals surface area contributed by atoms with Crippen molar-refractivity contribution in [2.24, 2.45) is 5.92 Å². The van der Waals surface area contributed by atoms with Crippen molar-refractivity contribution in [3.63, 3.8) is 0 Å². The molecule has 0 amide bonds. The highest BCUT2D eigenvalue weighted by molar-refractivity contribution is 6.12. The summed E-state index contributed by atoms with van der Waals surface area (Å²) >= 11 is 0. The van der Waals surface area contributed by atoms with Crippen LogP contribution in [0, 0.1) is 5.92 Å². The molecule has 96 valence electrons. The van der Waals surface area contributed by atoms with E-state index in [1.54, 1.807) is 0 Å². The molecule has 0 saturated carbocycles. The number of Topliss-reactive ketones (excluding diaryl/α,β-unsaturated/α-hetero) is 1. The van der Waals surface area contributed by atoms with Crippen molar-refractivity contribution in [2.45, 2.75) is 32.6 Å². The molecule has 3 nitrogen and oxygen atoms in total. The van der Waals surface area contributed by atoms with Gasteiger partial charge in [-0.05, 0) is 29.0 Å². The summed E-state index contributed by atoms with van der Waals surface area (Å²) in [6.45, 7) is 6.31. The lowest BCUT2D eigenvalue weighted by molar-refractivity contribution is -0.143. The average Bonchev–Trinajstić information content (AvgIpc) is 2.64. The summed E-state index contributed by atoms with van der Waals surface area (Å²) < 4.78 is 4.67. The van der Waals surface area contributed by atoms with Gasteiger partial charge >= 0.3 is 5.97 Å². The lowest BCUT2D eigenvalue weighted by Crippen LogP contribution is -2.22. The maximum absolute atomic E-state index is 12.2. The van der Waals surface area contributed by atoms with Gasteiger partial charge in [-0.1, -0.05) is 32.9 Å². The number of benzene rings is 1. The minimum atomic E-state index is -0.653. The second kappa shape index (κ2) is 4.23. The molecule has 1 aromatic rings. The van der Waals surface area contributed by atoms with E-state index in [4.69, 9.17) is 0 Å². The van der Waals surface area contributed by atoms with Crippen molar-refractivity contribution in [1.29, 1.82) is 0 Å². The lowest BCUT2D eigenvalue weighted by atomic mass is 9.85. The number of ketones is 1. The van der Waals surface area contributed by atoms with Gasteiger partial charge in [0, 0.05) is 5.56 Å². The largest absolute Gasteiger partial charge is 0.468 e. The minimum Gasteiger partial charge on any atom is -0.468 e. The second-order valence-corrected chi connectivity index (χ2v) is 5.77. The van der Waals surface area contributed by atoms with Crippen molar-refractivity contribution in [1.82, 2.24) is 0 Å². The molecule has 1 atom stereocenters. The van der Waals surface area contributed by atoms with Crippen LogP contribution in [-0.4, -0.2) is 18.9 Å². The highest BCUT2D eigenvalue weighted by atomic mass is 16.5. The lowest BCUT2D eigenvalue weighted by Gasteiger charge is -2.19. The summed E-state index contributed by atoms with van der Waals surface area (Å²) in [6, 6.07) is 5.91. The normalized spacial score (nSPS) is 18.7. The monoisotopic (exact) mass is 246 g/mol. The van der Waals surface area contributed by atoms with Crippen molar-refractivity contribution >= 4 is 11.8 Å². The van der Waals surface area contributed by atoms with Crippen LogP contribution in [-0.2, 0) is 21.4 Å². The zero-order chi connectivity index (χ0) is 13.5. The summed E-state index contributed by atoms with van der Waals surface area (Å²) in [5.41, 5.74) is 2.74. The molecule has 0 spiro atoms. The smallest absolute Gasteiger partial charge is 0.316 e. The Balaban J connectivity index is 2.39. The van der Waals surface area contributed by atoms with Gasteiger partial charge in [-0.25, -0.2) is 0 Å². The first kappa shape index (κ1) is 12.8. The predicted molar refractivity (Wildman–Crippen MR) is 68.7 cm³/mol. The third-order valence-electron chi connectivity index (χ3n) is 3.47. The first-order chi connectivity index (χ1) is 8.34. The topological polar surface area (TPSA) is 43.4 Å². The number of rotatable bonds is 1. The van der Waals surface area contributed by atoms with Gasteiger partial charge in [-0.2, -0.15) is 0 Å². The van der Waals surface area contributed by atoms with Crippen LogP contribution in [0.2, 0.25) is 0 Å². The maximum Gasteiger partial charge on any atom is 0.316 e.